The number of esters is 1. The van der Waals surface area contributed by atoms with E-state index in [0.29, 0.717) is 16.1 Å². The number of pyridine rings is 1. The first-order chi connectivity index (χ1) is 9.54. The van der Waals surface area contributed by atoms with Crippen molar-refractivity contribution in [2.24, 2.45) is 5.92 Å². The van der Waals surface area contributed by atoms with E-state index in [1.54, 1.807) is 31.3 Å². The summed E-state index contributed by atoms with van der Waals surface area (Å²) in [4.78, 5) is 27.9. The highest BCUT2D eigenvalue weighted by atomic mass is 35.5. The minimum Gasteiger partial charge on any atom is -0.469 e. The third kappa shape index (κ3) is 2.80. The van der Waals surface area contributed by atoms with E-state index in [2.05, 4.69) is 9.72 Å². The first kappa shape index (κ1) is 14.5. The molecule has 1 aromatic heterocycles. The Morgan fingerprint density at radius 3 is 2.80 bits per heavy atom. The van der Waals surface area contributed by atoms with E-state index in [0.717, 1.165) is 5.39 Å². The van der Waals surface area contributed by atoms with Crippen molar-refractivity contribution in [2.45, 2.75) is 13.3 Å². The van der Waals surface area contributed by atoms with E-state index in [9.17, 15) is 9.59 Å². The van der Waals surface area contributed by atoms with Crippen molar-refractivity contribution in [3.8, 4) is 0 Å². The first-order valence-corrected chi connectivity index (χ1v) is 6.56. The molecule has 20 heavy (non-hydrogen) atoms. The van der Waals surface area contributed by atoms with Gasteiger partial charge in [0.25, 0.3) is 0 Å². The van der Waals surface area contributed by atoms with Gasteiger partial charge < -0.3 is 4.74 Å². The number of aromatic nitrogens is 1. The minimum atomic E-state index is -0.464. The topological polar surface area (TPSA) is 56.3 Å². The van der Waals surface area contributed by atoms with Crippen LogP contribution in [-0.4, -0.2) is 23.8 Å². The number of benzene rings is 1. The number of ketones is 1. The van der Waals surface area contributed by atoms with Gasteiger partial charge in [0.1, 0.15) is 0 Å². The normalized spacial score (nSPS) is 12.2. The zero-order valence-corrected chi connectivity index (χ0v) is 12.0. The summed E-state index contributed by atoms with van der Waals surface area (Å²) in [7, 11) is 1.30. The summed E-state index contributed by atoms with van der Waals surface area (Å²) in [5.41, 5.74) is 1.03. The largest absolute Gasteiger partial charge is 0.469 e. The maximum absolute atomic E-state index is 12.4. The molecule has 4 nitrogen and oxygen atoms in total. The van der Waals surface area contributed by atoms with Gasteiger partial charge in [-0.2, -0.15) is 0 Å². The molecule has 2 rings (SSSR count). The summed E-state index contributed by atoms with van der Waals surface area (Å²) >= 11 is 6.09. The molecule has 2 aromatic rings. The molecule has 0 aliphatic carbocycles. The predicted octanol–water partition coefficient (Wildman–Crippen LogP) is 3.27. The van der Waals surface area contributed by atoms with Crippen molar-refractivity contribution >= 4 is 34.3 Å². The summed E-state index contributed by atoms with van der Waals surface area (Å²) in [6.45, 7) is 1.70. The number of nitrogens with zero attached hydrogens (tertiary/aromatic N) is 1. The van der Waals surface area contributed by atoms with Crippen LogP contribution in [-0.2, 0) is 9.53 Å². The van der Waals surface area contributed by atoms with E-state index in [-0.39, 0.29) is 12.2 Å². The highest BCUT2D eigenvalue weighted by Crippen LogP contribution is 2.26. The zero-order valence-electron chi connectivity index (χ0n) is 11.2. The van der Waals surface area contributed by atoms with E-state index in [4.69, 9.17) is 11.6 Å². The summed E-state index contributed by atoms with van der Waals surface area (Å²) in [5, 5.41) is 1.27. The van der Waals surface area contributed by atoms with Crippen LogP contribution in [0.2, 0.25) is 5.02 Å². The number of carbonyl (C=O) groups excluding carboxylic acids is 2. The second kappa shape index (κ2) is 6.01. The fourth-order valence-corrected chi connectivity index (χ4v) is 2.24. The van der Waals surface area contributed by atoms with Gasteiger partial charge in [-0.3, -0.25) is 14.6 Å². The Labute approximate surface area is 121 Å². The lowest BCUT2D eigenvalue weighted by molar-refractivity contribution is -0.141. The molecule has 0 bridgehead atoms. The van der Waals surface area contributed by atoms with Gasteiger partial charge >= 0.3 is 5.97 Å². The number of hydrogen-bond donors (Lipinski definition) is 0. The summed E-state index contributed by atoms with van der Waals surface area (Å²) < 4.78 is 4.59. The van der Waals surface area contributed by atoms with Crippen molar-refractivity contribution in [3.63, 3.8) is 0 Å². The smallest absolute Gasteiger partial charge is 0.306 e. The van der Waals surface area contributed by atoms with E-state index in [1.807, 2.05) is 6.07 Å². The Bertz CT molecular complexity index is 669. The Morgan fingerprint density at radius 2 is 2.10 bits per heavy atom. The molecule has 5 heteroatoms. The van der Waals surface area contributed by atoms with Crippen molar-refractivity contribution in [1.29, 1.82) is 0 Å². The monoisotopic (exact) mass is 291 g/mol. The second-order valence-corrected chi connectivity index (χ2v) is 4.95. The average Bonchev–Trinajstić information content (AvgIpc) is 2.47. The number of methoxy groups -OCH3 is 1. The number of Topliss-reactive ketones (excluding diaryl/α,β-unsaturated/α-hetero) is 1. The predicted molar refractivity (Wildman–Crippen MR) is 76.9 cm³/mol. The summed E-state index contributed by atoms with van der Waals surface area (Å²) in [6, 6.07) is 6.89. The molecule has 0 saturated carbocycles. The molecule has 1 unspecified atom stereocenters. The van der Waals surface area contributed by atoms with E-state index >= 15 is 0 Å². The van der Waals surface area contributed by atoms with Gasteiger partial charge in [0.15, 0.2) is 5.78 Å². The van der Waals surface area contributed by atoms with Crippen LogP contribution in [0.5, 0.6) is 0 Å². The van der Waals surface area contributed by atoms with Crippen LogP contribution < -0.4 is 0 Å². The van der Waals surface area contributed by atoms with Crippen molar-refractivity contribution in [3.05, 3.63) is 41.0 Å². The molecular formula is C15H14ClNO3. The standard InChI is InChI=1S/C15H14ClNO3/c1-9(8-13(18)20-2)15(19)11-5-6-12(16)10-4-3-7-17-14(10)11/h3-7,9H,8H2,1-2H3. The molecule has 1 aromatic carbocycles. The molecule has 0 N–H and O–H groups in total. The van der Waals surface area contributed by atoms with Gasteiger partial charge in [-0.05, 0) is 24.3 Å². The molecule has 0 aliphatic heterocycles. The molecule has 0 aliphatic rings. The molecule has 1 heterocycles. The SMILES string of the molecule is COC(=O)CC(C)C(=O)c1ccc(Cl)c2cccnc12. The van der Waals surface area contributed by atoms with Crippen molar-refractivity contribution < 1.29 is 14.3 Å². The number of ether oxygens (including phenoxy) is 1. The molecule has 104 valence electrons. The number of halogens is 1. The van der Waals surface area contributed by atoms with Crippen molar-refractivity contribution in [1.82, 2.24) is 4.98 Å². The first-order valence-electron chi connectivity index (χ1n) is 6.19. The van der Waals surface area contributed by atoms with Gasteiger partial charge in [-0.1, -0.05) is 18.5 Å². The van der Waals surface area contributed by atoms with Gasteiger partial charge in [-0.25, -0.2) is 0 Å². The van der Waals surface area contributed by atoms with Gasteiger partial charge in [0.05, 0.1) is 24.1 Å². The molecule has 0 saturated heterocycles. The maximum atomic E-state index is 12.4. The van der Waals surface area contributed by atoms with Gasteiger partial charge in [-0.15, -0.1) is 0 Å². The molecule has 0 spiro atoms. The Balaban J connectivity index is 2.40. The molecule has 0 amide bonds. The second-order valence-electron chi connectivity index (χ2n) is 4.54. The van der Waals surface area contributed by atoms with E-state index < -0.39 is 11.9 Å². The van der Waals surface area contributed by atoms with Gasteiger partial charge in [0, 0.05) is 23.1 Å². The molecular weight excluding hydrogens is 278 g/mol. The molecule has 0 fully saturated rings. The fraction of sp³-hybridized carbons (Fsp3) is 0.267. The molecule has 1 atom stereocenters. The zero-order chi connectivity index (χ0) is 14.7. The van der Waals surface area contributed by atoms with Crippen molar-refractivity contribution in [2.75, 3.05) is 7.11 Å². The lowest BCUT2D eigenvalue weighted by atomic mass is 9.94. The van der Waals surface area contributed by atoms with Crippen LogP contribution in [0, 0.1) is 5.92 Å². The Morgan fingerprint density at radius 1 is 1.35 bits per heavy atom. The number of fused-ring (bicyclic) bond motifs is 1. The number of carbonyl (C=O) groups is 2. The Hall–Kier alpha value is -1.94. The van der Waals surface area contributed by atoms with Crippen LogP contribution in [0.15, 0.2) is 30.5 Å². The lowest BCUT2D eigenvalue weighted by Crippen LogP contribution is -2.17. The lowest BCUT2D eigenvalue weighted by Gasteiger charge is -2.11. The third-order valence-electron chi connectivity index (χ3n) is 3.13. The quantitative estimate of drug-likeness (QED) is 0.641. The van der Waals surface area contributed by atoms with Crippen LogP contribution in [0.25, 0.3) is 10.9 Å². The number of rotatable bonds is 4. The average molecular weight is 292 g/mol. The Kier molecular flexibility index (Phi) is 4.35. The van der Waals surface area contributed by atoms with E-state index in [1.165, 1.54) is 7.11 Å². The minimum absolute atomic E-state index is 0.0479. The summed E-state index contributed by atoms with van der Waals surface area (Å²) in [5.74, 6) is -1.01. The van der Waals surface area contributed by atoms with Crippen LogP contribution >= 0.6 is 11.6 Å². The van der Waals surface area contributed by atoms with Crippen LogP contribution in [0.1, 0.15) is 23.7 Å². The van der Waals surface area contributed by atoms with Crippen LogP contribution in [0.3, 0.4) is 0 Å². The third-order valence-corrected chi connectivity index (χ3v) is 3.46. The highest BCUT2D eigenvalue weighted by molar-refractivity contribution is 6.36. The van der Waals surface area contributed by atoms with Gasteiger partial charge in [0.2, 0.25) is 0 Å². The maximum Gasteiger partial charge on any atom is 0.306 e. The molecule has 0 radical (unpaired) electrons. The number of hydrogen-bond acceptors (Lipinski definition) is 4. The van der Waals surface area contributed by atoms with Crippen LogP contribution in [0.4, 0.5) is 0 Å². The fourth-order valence-electron chi connectivity index (χ4n) is 2.03. The summed E-state index contributed by atoms with van der Waals surface area (Å²) in [6.07, 6.45) is 1.66. The highest BCUT2D eigenvalue weighted by Gasteiger charge is 2.21.